The fraction of sp³-hybridized carbons (Fsp3) is 0.571. The zero-order chi connectivity index (χ0) is 12.7. The minimum absolute atomic E-state index is 0.577. The molecule has 1 aromatic carbocycles. The Kier molecular flexibility index (Phi) is 6.63. The summed E-state index contributed by atoms with van der Waals surface area (Å²) in [5.74, 6) is 0. The third-order valence-corrected chi connectivity index (χ3v) is 3.85. The van der Waals surface area contributed by atoms with Crippen LogP contribution in [0.5, 0.6) is 0 Å². The Morgan fingerprint density at radius 2 is 2.12 bits per heavy atom. The van der Waals surface area contributed by atoms with Crippen molar-refractivity contribution in [3.8, 4) is 0 Å². The molecule has 0 bridgehead atoms. The Labute approximate surface area is 109 Å². The maximum atomic E-state index is 5.00. The summed E-state index contributed by atoms with van der Waals surface area (Å²) in [7, 11) is 1.73. The molecule has 96 valence electrons. The Bertz CT molecular complexity index is 341. The van der Waals surface area contributed by atoms with Crippen molar-refractivity contribution in [1.29, 1.82) is 0 Å². The topological polar surface area (TPSA) is 21.3 Å². The fourth-order valence-corrected chi connectivity index (χ4v) is 2.70. The van der Waals surface area contributed by atoms with Crippen LogP contribution in [0.3, 0.4) is 0 Å². The van der Waals surface area contributed by atoms with E-state index in [1.807, 2.05) is 11.8 Å². The second-order valence-corrected chi connectivity index (χ2v) is 5.87. The minimum atomic E-state index is 0.577. The van der Waals surface area contributed by atoms with Gasteiger partial charge in [0.25, 0.3) is 0 Å². The molecule has 1 N–H and O–H groups in total. The van der Waals surface area contributed by atoms with Crippen LogP contribution in [0.4, 0.5) is 0 Å². The van der Waals surface area contributed by atoms with E-state index in [1.54, 1.807) is 7.11 Å². The van der Waals surface area contributed by atoms with E-state index in [9.17, 15) is 0 Å². The molecule has 17 heavy (non-hydrogen) atoms. The Morgan fingerprint density at radius 3 is 2.76 bits per heavy atom. The van der Waals surface area contributed by atoms with Gasteiger partial charge in [-0.3, -0.25) is 0 Å². The van der Waals surface area contributed by atoms with Crippen LogP contribution in [0.25, 0.3) is 0 Å². The molecule has 2 nitrogen and oxygen atoms in total. The first kappa shape index (κ1) is 14.6. The zero-order valence-electron chi connectivity index (χ0n) is 11.2. The molecule has 0 aliphatic rings. The highest BCUT2D eigenvalue weighted by molar-refractivity contribution is 8.00. The summed E-state index contributed by atoms with van der Waals surface area (Å²) in [6.07, 6.45) is 0. The monoisotopic (exact) mass is 253 g/mol. The molecule has 1 unspecified atom stereocenters. The summed E-state index contributed by atoms with van der Waals surface area (Å²) in [6, 6.07) is 6.65. The van der Waals surface area contributed by atoms with Crippen molar-refractivity contribution in [3.63, 3.8) is 0 Å². The molecule has 0 aliphatic carbocycles. The van der Waals surface area contributed by atoms with Crippen molar-refractivity contribution < 1.29 is 4.74 Å². The number of thioether (sulfide) groups is 1. The molecule has 0 amide bonds. The summed E-state index contributed by atoms with van der Waals surface area (Å²) < 4.78 is 5.00. The molecule has 1 rings (SSSR count). The van der Waals surface area contributed by atoms with Gasteiger partial charge in [-0.1, -0.05) is 24.6 Å². The van der Waals surface area contributed by atoms with Gasteiger partial charge in [-0.15, -0.1) is 11.8 Å². The van der Waals surface area contributed by atoms with E-state index in [2.05, 4.69) is 44.3 Å². The van der Waals surface area contributed by atoms with Gasteiger partial charge < -0.3 is 10.1 Å². The number of hydrogen-bond donors (Lipinski definition) is 1. The maximum Gasteiger partial charge on any atom is 0.0587 e. The van der Waals surface area contributed by atoms with Crippen LogP contribution in [0.1, 0.15) is 18.1 Å². The van der Waals surface area contributed by atoms with E-state index in [4.69, 9.17) is 4.74 Å². The lowest BCUT2D eigenvalue weighted by Gasteiger charge is -2.14. The number of aryl methyl sites for hydroxylation is 2. The Morgan fingerprint density at radius 1 is 1.35 bits per heavy atom. The summed E-state index contributed by atoms with van der Waals surface area (Å²) >= 11 is 1.93. The van der Waals surface area contributed by atoms with Crippen LogP contribution in [-0.2, 0) is 4.74 Å². The molecule has 0 aliphatic heterocycles. The van der Waals surface area contributed by atoms with Gasteiger partial charge in [0.2, 0.25) is 0 Å². The maximum absolute atomic E-state index is 5.00. The molecule has 0 radical (unpaired) electrons. The van der Waals surface area contributed by atoms with Crippen LogP contribution in [0, 0.1) is 13.8 Å². The third kappa shape index (κ3) is 5.57. The lowest BCUT2D eigenvalue weighted by Crippen LogP contribution is -2.26. The fourth-order valence-electron chi connectivity index (χ4n) is 1.67. The van der Waals surface area contributed by atoms with Crippen molar-refractivity contribution >= 4 is 11.8 Å². The molecule has 0 spiro atoms. The van der Waals surface area contributed by atoms with Gasteiger partial charge in [0.05, 0.1) is 6.61 Å². The van der Waals surface area contributed by atoms with Gasteiger partial charge in [0.1, 0.15) is 0 Å². The van der Waals surface area contributed by atoms with E-state index in [0.717, 1.165) is 19.7 Å². The summed E-state index contributed by atoms with van der Waals surface area (Å²) in [5, 5.41) is 3.97. The van der Waals surface area contributed by atoms with Gasteiger partial charge in [0, 0.05) is 30.3 Å². The molecule has 3 heteroatoms. The van der Waals surface area contributed by atoms with Crippen molar-refractivity contribution in [2.75, 3.05) is 26.8 Å². The second-order valence-electron chi connectivity index (χ2n) is 4.39. The average Bonchev–Trinajstić information content (AvgIpc) is 2.28. The van der Waals surface area contributed by atoms with E-state index in [1.165, 1.54) is 16.0 Å². The molecule has 1 atom stereocenters. The summed E-state index contributed by atoms with van der Waals surface area (Å²) in [5.41, 5.74) is 2.71. The van der Waals surface area contributed by atoms with Crippen molar-refractivity contribution in [2.24, 2.45) is 0 Å². The van der Waals surface area contributed by atoms with E-state index < -0.39 is 0 Å². The second kappa shape index (κ2) is 7.75. The van der Waals surface area contributed by atoms with Crippen LogP contribution in [-0.4, -0.2) is 32.1 Å². The molecular weight excluding hydrogens is 230 g/mol. The summed E-state index contributed by atoms with van der Waals surface area (Å²) in [4.78, 5) is 1.39. The van der Waals surface area contributed by atoms with Crippen LogP contribution < -0.4 is 5.32 Å². The van der Waals surface area contributed by atoms with E-state index in [0.29, 0.717) is 5.25 Å². The number of hydrogen-bond acceptors (Lipinski definition) is 3. The van der Waals surface area contributed by atoms with Crippen molar-refractivity contribution in [1.82, 2.24) is 5.32 Å². The molecular formula is C14H23NOS. The first-order valence-corrected chi connectivity index (χ1v) is 6.95. The number of methoxy groups -OCH3 is 1. The average molecular weight is 253 g/mol. The SMILES string of the molecule is COCCNCC(C)Sc1ccc(C)cc1C. The van der Waals surface area contributed by atoms with Gasteiger partial charge in [-0.25, -0.2) is 0 Å². The predicted octanol–water partition coefficient (Wildman–Crippen LogP) is 3.02. The number of nitrogens with one attached hydrogen (secondary N) is 1. The smallest absolute Gasteiger partial charge is 0.0587 e. The highest BCUT2D eigenvalue weighted by atomic mass is 32.2. The largest absolute Gasteiger partial charge is 0.383 e. The highest BCUT2D eigenvalue weighted by Gasteiger charge is 2.06. The standard InChI is InChI=1S/C14H23NOS/c1-11-5-6-14(12(2)9-11)17-13(3)10-15-7-8-16-4/h5-6,9,13,15H,7-8,10H2,1-4H3. The Hall–Kier alpha value is -0.510. The van der Waals surface area contributed by atoms with Crippen molar-refractivity contribution in [3.05, 3.63) is 29.3 Å². The van der Waals surface area contributed by atoms with Crippen LogP contribution in [0.15, 0.2) is 23.1 Å². The normalized spacial score (nSPS) is 12.7. The van der Waals surface area contributed by atoms with E-state index >= 15 is 0 Å². The molecule has 0 saturated heterocycles. The van der Waals surface area contributed by atoms with Gasteiger partial charge >= 0.3 is 0 Å². The van der Waals surface area contributed by atoms with Gasteiger partial charge in [-0.2, -0.15) is 0 Å². The molecule has 0 fully saturated rings. The lowest BCUT2D eigenvalue weighted by molar-refractivity contribution is 0.199. The molecule has 1 aromatic rings. The van der Waals surface area contributed by atoms with Gasteiger partial charge in [0.15, 0.2) is 0 Å². The molecule has 0 heterocycles. The van der Waals surface area contributed by atoms with Crippen LogP contribution in [0.2, 0.25) is 0 Å². The number of ether oxygens (including phenoxy) is 1. The number of rotatable bonds is 7. The minimum Gasteiger partial charge on any atom is -0.383 e. The van der Waals surface area contributed by atoms with E-state index in [-0.39, 0.29) is 0 Å². The first-order valence-electron chi connectivity index (χ1n) is 6.07. The third-order valence-electron chi connectivity index (χ3n) is 2.57. The molecule has 0 saturated carbocycles. The predicted molar refractivity (Wildman–Crippen MR) is 76.0 cm³/mol. The van der Waals surface area contributed by atoms with Gasteiger partial charge in [-0.05, 0) is 25.5 Å². The number of benzene rings is 1. The van der Waals surface area contributed by atoms with Crippen LogP contribution >= 0.6 is 11.8 Å². The summed E-state index contributed by atoms with van der Waals surface area (Å²) in [6.45, 7) is 9.29. The first-order chi connectivity index (χ1) is 8.13. The zero-order valence-corrected chi connectivity index (χ0v) is 12.1. The molecule has 0 aromatic heterocycles. The lowest BCUT2D eigenvalue weighted by atomic mass is 10.2. The van der Waals surface area contributed by atoms with Crippen molar-refractivity contribution in [2.45, 2.75) is 30.9 Å². The quantitative estimate of drug-likeness (QED) is 0.596. The Balaban J connectivity index is 2.37. The highest BCUT2D eigenvalue weighted by Crippen LogP contribution is 2.26.